The lowest BCUT2D eigenvalue weighted by Gasteiger charge is -2.08. The highest BCUT2D eigenvalue weighted by Gasteiger charge is 2.09. The fourth-order valence-electron chi connectivity index (χ4n) is 2.25. The van der Waals surface area contributed by atoms with Gasteiger partial charge in [-0.25, -0.2) is 9.97 Å². The third kappa shape index (κ3) is 2.77. The second-order valence-corrected chi connectivity index (χ2v) is 4.81. The van der Waals surface area contributed by atoms with Gasteiger partial charge in [0.15, 0.2) is 0 Å². The van der Waals surface area contributed by atoms with Gasteiger partial charge >= 0.3 is 0 Å². The summed E-state index contributed by atoms with van der Waals surface area (Å²) in [7, 11) is 1.62. The third-order valence-electron chi connectivity index (χ3n) is 3.32. The van der Waals surface area contributed by atoms with Crippen LogP contribution in [0.15, 0.2) is 60.8 Å². The summed E-state index contributed by atoms with van der Waals surface area (Å²) in [5.41, 5.74) is 4.99. The zero-order chi connectivity index (χ0) is 14.7. The second-order valence-electron chi connectivity index (χ2n) is 4.81. The summed E-state index contributed by atoms with van der Waals surface area (Å²) in [6.45, 7) is 1.90. The predicted octanol–water partition coefficient (Wildman–Crippen LogP) is 4.13. The van der Waals surface area contributed by atoms with Crippen LogP contribution in [0.3, 0.4) is 0 Å². The van der Waals surface area contributed by atoms with Crippen LogP contribution < -0.4 is 4.74 Å². The van der Waals surface area contributed by atoms with E-state index in [1.54, 1.807) is 13.3 Å². The highest BCUT2D eigenvalue weighted by molar-refractivity contribution is 5.70. The molecule has 0 bridgehead atoms. The van der Waals surface area contributed by atoms with Crippen LogP contribution in [0.25, 0.3) is 22.4 Å². The van der Waals surface area contributed by atoms with Crippen LogP contribution in [0, 0.1) is 6.92 Å². The van der Waals surface area contributed by atoms with Crippen molar-refractivity contribution in [3.8, 4) is 28.3 Å². The minimum absolute atomic E-state index is 0.558. The average molecular weight is 276 g/mol. The number of ether oxygens (including phenoxy) is 1. The van der Waals surface area contributed by atoms with E-state index in [1.807, 2.05) is 37.3 Å². The molecule has 1 heterocycles. The SMILES string of the molecule is COc1nc(C)cnc1-c1ccc(-c2ccccc2)cc1. The van der Waals surface area contributed by atoms with Gasteiger partial charge in [0.05, 0.1) is 12.8 Å². The van der Waals surface area contributed by atoms with E-state index in [9.17, 15) is 0 Å². The smallest absolute Gasteiger partial charge is 0.240 e. The molecule has 3 nitrogen and oxygen atoms in total. The Morgan fingerprint density at radius 3 is 2.10 bits per heavy atom. The molecule has 0 fully saturated rings. The van der Waals surface area contributed by atoms with Gasteiger partial charge in [0.2, 0.25) is 5.88 Å². The lowest BCUT2D eigenvalue weighted by molar-refractivity contribution is 0.396. The van der Waals surface area contributed by atoms with Gasteiger partial charge in [-0.1, -0.05) is 54.6 Å². The second kappa shape index (κ2) is 5.75. The maximum Gasteiger partial charge on any atom is 0.240 e. The van der Waals surface area contributed by atoms with Crippen molar-refractivity contribution in [3.63, 3.8) is 0 Å². The van der Waals surface area contributed by atoms with E-state index in [0.717, 1.165) is 17.0 Å². The molecular formula is C18H16N2O. The Labute approximate surface area is 124 Å². The summed E-state index contributed by atoms with van der Waals surface area (Å²) in [4.78, 5) is 8.80. The normalized spacial score (nSPS) is 10.4. The molecule has 0 aliphatic heterocycles. The third-order valence-corrected chi connectivity index (χ3v) is 3.32. The monoisotopic (exact) mass is 276 g/mol. The van der Waals surface area contributed by atoms with Gasteiger partial charge in [-0.3, -0.25) is 0 Å². The fraction of sp³-hybridized carbons (Fsp3) is 0.111. The Bertz CT molecular complexity index is 737. The van der Waals surface area contributed by atoms with Crippen LogP contribution in [0.1, 0.15) is 5.69 Å². The Morgan fingerprint density at radius 1 is 0.810 bits per heavy atom. The molecular weight excluding hydrogens is 260 g/mol. The van der Waals surface area contributed by atoms with Crippen molar-refractivity contribution in [3.05, 3.63) is 66.5 Å². The van der Waals surface area contributed by atoms with Crippen LogP contribution in [0.2, 0.25) is 0 Å². The van der Waals surface area contributed by atoms with Crippen LogP contribution in [0.5, 0.6) is 5.88 Å². The number of benzene rings is 2. The van der Waals surface area contributed by atoms with E-state index in [4.69, 9.17) is 4.74 Å². The molecule has 0 spiro atoms. The molecule has 104 valence electrons. The molecule has 0 N–H and O–H groups in total. The van der Waals surface area contributed by atoms with Gasteiger partial charge in [0.1, 0.15) is 5.69 Å². The molecule has 3 aromatic rings. The number of aromatic nitrogens is 2. The first kappa shape index (κ1) is 13.3. The molecule has 21 heavy (non-hydrogen) atoms. The summed E-state index contributed by atoms with van der Waals surface area (Å²) in [5.74, 6) is 0.558. The molecule has 0 saturated heterocycles. The van der Waals surface area contributed by atoms with E-state index in [-0.39, 0.29) is 0 Å². The van der Waals surface area contributed by atoms with Crippen LogP contribution in [0.4, 0.5) is 0 Å². The zero-order valence-corrected chi connectivity index (χ0v) is 12.1. The highest BCUT2D eigenvalue weighted by Crippen LogP contribution is 2.28. The van der Waals surface area contributed by atoms with Gasteiger partial charge in [-0.05, 0) is 18.1 Å². The van der Waals surface area contributed by atoms with E-state index < -0.39 is 0 Å². The number of nitrogens with zero attached hydrogens (tertiary/aromatic N) is 2. The van der Waals surface area contributed by atoms with E-state index in [0.29, 0.717) is 5.88 Å². The fourth-order valence-corrected chi connectivity index (χ4v) is 2.25. The topological polar surface area (TPSA) is 35.0 Å². The molecule has 1 aromatic heterocycles. The molecule has 0 radical (unpaired) electrons. The molecule has 3 heteroatoms. The Balaban J connectivity index is 1.98. The van der Waals surface area contributed by atoms with Gasteiger partial charge in [-0.15, -0.1) is 0 Å². The molecule has 0 atom stereocenters. The lowest BCUT2D eigenvalue weighted by Crippen LogP contribution is -1.96. The molecule has 0 saturated carbocycles. The van der Waals surface area contributed by atoms with Crippen molar-refractivity contribution in [2.45, 2.75) is 6.92 Å². The number of rotatable bonds is 3. The van der Waals surface area contributed by atoms with Gasteiger partial charge in [0.25, 0.3) is 0 Å². The predicted molar refractivity (Wildman–Crippen MR) is 84.2 cm³/mol. The molecule has 3 rings (SSSR count). The average Bonchev–Trinajstić information content (AvgIpc) is 2.56. The Morgan fingerprint density at radius 2 is 1.43 bits per heavy atom. The zero-order valence-electron chi connectivity index (χ0n) is 12.1. The van der Waals surface area contributed by atoms with Crippen LogP contribution >= 0.6 is 0 Å². The van der Waals surface area contributed by atoms with Crippen LogP contribution in [-0.4, -0.2) is 17.1 Å². The lowest BCUT2D eigenvalue weighted by atomic mass is 10.0. The minimum atomic E-state index is 0.558. The Kier molecular flexibility index (Phi) is 3.65. The van der Waals surface area contributed by atoms with Gasteiger partial charge < -0.3 is 4.74 Å². The minimum Gasteiger partial charge on any atom is -0.479 e. The standard InChI is InChI=1S/C18H16N2O/c1-13-12-19-17(18(20-13)21-2)16-10-8-15(9-11-16)14-6-4-3-5-7-14/h3-12H,1-2H3. The van der Waals surface area contributed by atoms with Crippen molar-refractivity contribution in [1.29, 1.82) is 0 Å². The largest absolute Gasteiger partial charge is 0.479 e. The maximum absolute atomic E-state index is 5.32. The van der Waals surface area contributed by atoms with Crippen molar-refractivity contribution < 1.29 is 4.74 Å². The number of methoxy groups -OCH3 is 1. The van der Waals surface area contributed by atoms with Gasteiger partial charge in [0, 0.05) is 11.8 Å². The molecule has 0 aliphatic carbocycles. The first-order valence-corrected chi connectivity index (χ1v) is 6.81. The summed E-state index contributed by atoms with van der Waals surface area (Å²) in [5, 5.41) is 0. The summed E-state index contributed by atoms with van der Waals surface area (Å²) in [6, 6.07) is 18.6. The van der Waals surface area contributed by atoms with Gasteiger partial charge in [-0.2, -0.15) is 0 Å². The quantitative estimate of drug-likeness (QED) is 0.721. The highest BCUT2D eigenvalue weighted by atomic mass is 16.5. The van der Waals surface area contributed by atoms with Crippen molar-refractivity contribution in [2.75, 3.05) is 7.11 Å². The van der Waals surface area contributed by atoms with Crippen molar-refractivity contribution in [2.24, 2.45) is 0 Å². The molecule has 0 unspecified atom stereocenters. The number of hydrogen-bond acceptors (Lipinski definition) is 3. The van der Waals surface area contributed by atoms with Crippen molar-refractivity contribution >= 4 is 0 Å². The molecule has 2 aromatic carbocycles. The number of hydrogen-bond donors (Lipinski definition) is 0. The first-order chi connectivity index (χ1) is 10.3. The maximum atomic E-state index is 5.32. The summed E-state index contributed by atoms with van der Waals surface area (Å²) < 4.78 is 5.32. The van der Waals surface area contributed by atoms with E-state index in [1.165, 1.54) is 11.1 Å². The van der Waals surface area contributed by atoms with Crippen molar-refractivity contribution in [1.82, 2.24) is 9.97 Å². The summed E-state index contributed by atoms with van der Waals surface area (Å²) in [6.07, 6.45) is 1.75. The number of aryl methyl sites for hydroxylation is 1. The Hall–Kier alpha value is -2.68. The summed E-state index contributed by atoms with van der Waals surface area (Å²) >= 11 is 0. The van der Waals surface area contributed by atoms with E-state index >= 15 is 0 Å². The molecule has 0 amide bonds. The molecule has 0 aliphatic rings. The van der Waals surface area contributed by atoms with Crippen LogP contribution in [-0.2, 0) is 0 Å². The van der Waals surface area contributed by atoms with E-state index in [2.05, 4.69) is 34.2 Å². The first-order valence-electron chi connectivity index (χ1n) is 6.81.